The molecule has 2 aromatic carbocycles. The summed E-state index contributed by atoms with van der Waals surface area (Å²) in [5, 5.41) is 2.10. The van der Waals surface area contributed by atoms with Crippen LogP contribution in [-0.4, -0.2) is 54.8 Å². The molecule has 2 heterocycles. The van der Waals surface area contributed by atoms with Crippen molar-refractivity contribution >= 4 is 45.8 Å². The van der Waals surface area contributed by atoms with E-state index in [2.05, 4.69) is 53.2 Å². The van der Waals surface area contributed by atoms with Crippen LogP contribution in [0.15, 0.2) is 89.8 Å². The van der Waals surface area contributed by atoms with Crippen LogP contribution in [0.3, 0.4) is 0 Å². The predicted octanol–water partition coefficient (Wildman–Crippen LogP) is 10.4. The predicted molar refractivity (Wildman–Crippen MR) is 213 cm³/mol. The Kier molecular flexibility index (Phi) is 18.3. The second-order valence-electron chi connectivity index (χ2n) is 13.0. The minimum absolute atomic E-state index is 0.105. The molecule has 4 rings (SSSR count). The standard InChI is InChI=1S/C42H55Cl2N3O4/c1-2-3-4-5-6-7-8-9-10-11-12-13-14-15-16-22-41(49)51-34-47-39-33-36(25-23-35(39)24-26-40(47)48)50-32-18-17-27-45-28-30-46(31-29-45)38-21-19-20-37(43)42(38)44/h3-4,6-7,9-10,19-21,23-26,33H,2,5,8,11-18,22,27-32,34H2,1H3. The highest BCUT2D eigenvalue weighted by Gasteiger charge is 2.19. The second-order valence-corrected chi connectivity index (χ2v) is 13.8. The maximum Gasteiger partial charge on any atom is 0.307 e. The number of carbonyl (C=O) groups is 1. The molecule has 0 bridgehead atoms. The molecule has 1 aromatic heterocycles. The molecular formula is C42H55Cl2N3O4. The van der Waals surface area contributed by atoms with Gasteiger partial charge in [-0.15, -0.1) is 0 Å². The van der Waals surface area contributed by atoms with E-state index < -0.39 is 0 Å². The lowest BCUT2D eigenvalue weighted by molar-refractivity contribution is -0.147. The third kappa shape index (κ3) is 14.2. The Bertz CT molecular complexity index is 1640. The monoisotopic (exact) mass is 735 g/mol. The number of hydrogen-bond acceptors (Lipinski definition) is 6. The number of allylic oxidation sites excluding steroid dienone is 6. The maximum absolute atomic E-state index is 12.7. The van der Waals surface area contributed by atoms with Crippen LogP contribution in [0.1, 0.15) is 84.0 Å². The van der Waals surface area contributed by atoms with Crippen molar-refractivity contribution in [2.75, 3.05) is 44.2 Å². The number of halogens is 2. The summed E-state index contributed by atoms with van der Waals surface area (Å²) in [6.07, 6.45) is 25.0. The van der Waals surface area contributed by atoms with Crippen LogP contribution in [0.5, 0.6) is 5.75 Å². The Hall–Kier alpha value is -3.52. The van der Waals surface area contributed by atoms with Gasteiger partial charge in [0.15, 0.2) is 6.73 Å². The molecule has 51 heavy (non-hydrogen) atoms. The van der Waals surface area contributed by atoms with E-state index in [1.165, 1.54) is 17.1 Å². The number of unbranched alkanes of at least 4 members (excludes halogenated alkanes) is 6. The first-order chi connectivity index (χ1) is 25.0. The van der Waals surface area contributed by atoms with Crippen molar-refractivity contribution in [3.8, 4) is 5.75 Å². The highest BCUT2D eigenvalue weighted by molar-refractivity contribution is 6.43. The second kappa shape index (κ2) is 23.1. The molecule has 0 spiro atoms. The van der Waals surface area contributed by atoms with Gasteiger partial charge in [-0.25, -0.2) is 0 Å². The van der Waals surface area contributed by atoms with Crippen LogP contribution in [0.4, 0.5) is 5.69 Å². The number of fused-ring (bicyclic) bond motifs is 1. The van der Waals surface area contributed by atoms with Gasteiger partial charge in [-0.2, -0.15) is 0 Å². The molecule has 1 saturated heterocycles. The van der Waals surface area contributed by atoms with E-state index in [0.717, 1.165) is 108 Å². The molecule has 0 unspecified atom stereocenters. The molecule has 0 N–H and O–H groups in total. The number of piperazine rings is 1. The molecule has 276 valence electrons. The Morgan fingerprint density at radius 1 is 0.804 bits per heavy atom. The van der Waals surface area contributed by atoms with Crippen LogP contribution in [-0.2, 0) is 16.3 Å². The zero-order valence-corrected chi connectivity index (χ0v) is 31.8. The van der Waals surface area contributed by atoms with Crippen molar-refractivity contribution in [2.45, 2.75) is 90.7 Å². The summed E-state index contributed by atoms with van der Waals surface area (Å²) in [4.78, 5) is 30.0. The number of pyridine rings is 1. The molecule has 7 nitrogen and oxygen atoms in total. The zero-order chi connectivity index (χ0) is 36.1. The van der Waals surface area contributed by atoms with E-state index in [1.54, 1.807) is 6.07 Å². The summed E-state index contributed by atoms with van der Waals surface area (Å²) in [5.74, 6) is 0.421. The average molecular weight is 737 g/mol. The SMILES string of the molecule is CCC=CCC=CCC=CCCCCCCCC(=O)OCn1c(=O)ccc2ccc(OCCCCN3CCN(c4cccc(Cl)c4Cl)CC3)cc21. The van der Waals surface area contributed by atoms with E-state index in [9.17, 15) is 9.59 Å². The van der Waals surface area contributed by atoms with Gasteiger partial charge in [-0.1, -0.05) is 91.9 Å². The molecule has 0 aliphatic carbocycles. The van der Waals surface area contributed by atoms with Gasteiger partial charge in [0.25, 0.3) is 5.56 Å². The van der Waals surface area contributed by atoms with Gasteiger partial charge in [-0.3, -0.25) is 19.1 Å². The summed E-state index contributed by atoms with van der Waals surface area (Å²) in [6.45, 7) is 7.43. The van der Waals surface area contributed by atoms with Crippen molar-refractivity contribution in [1.29, 1.82) is 0 Å². The fourth-order valence-corrected chi connectivity index (χ4v) is 6.58. The fraction of sp³-hybridized carbons (Fsp3) is 0.476. The van der Waals surface area contributed by atoms with E-state index in [1.807, 2.05) is 36.4 Å². The largest absolute Gasteiger partial charge is 0.494 e. The Balaban J connectivity index is 1.09. The minimum atomic E-state index is -0.276. The van der Waals surface area contributed by atoms with Crippen molar-refractivity contribution in [2.24, 2.45) is 0 Å². The van der Waals surface area contributed by atoms with Crippen LogP contribution in [0, 0.1) is 0 Å². The number of carbonyl (C=O) groups excluding carboxylic acids is 1. The summed E-state index contributed by atoms with van der Waals surface area (Å²) in [5.41, 5.74) is 1.49. The van der Waals surface area contributed by atoms with Gasteiger partial charge in [-0.05, 0) is 93.6 Å². The zero-order valence-electron chi connectivity index (χ0n) is 30.2. The molecule has 0 amide bonds. The van der Waals surface area contributed by atoms with Crippen LogP contribution >= 0.6 is 23.2 Å². The third-order valence-electron chi connectivity index (χ3n) is 9.13. The van der Waals surface area contributed by atoms with Gasteiger partial charge in [0.1, 0.15) is 5.75 Å². The molecule has 0 radical (unpaired) electrons. The number of aromatic nitrogens is 1. The molecule has 3 aromatic rings. The van der Waals surface area contributed by atoms with E-state index in [4.69, 9.17) is 32.7 Å². The van der Waals surface area contributed by atoms with E-state index in [-0.39, 0.29) is 18.3 Å². The lowest BCUT2D eigenvalue weighted by Crippen LogP contribution is -2.46. The van der Waals surface area contributed by atoms with Gasteiger partial charge in [0.2, 0.25) is 0 Å². The lowest BCUT2D eigenvalue weighted by atomic mass is 10.1. The fourth-order valence-electron chi connectivity index (χ4n) is 6.16. The number of hydrogen-bond donors (Lipinski definition) is 0. The number of esters is 1. The van der Waals surface area contributed by atoms with Crippen LogP contribution in [0.2, 0.25) is 10.0 Å². The summed E-state index contributed by atoms with van der Waals surface area (Å²) >= 11 is 12.6. The normalized spacial score (nSPS) is 14.1. The van der Waals surface area contributed by atoms with Gasteiger partial charge in [0, 0.05) is 44.7 Å². The highest BCUT2D eigenvalue weighted by atomic mass is 35.5. The molecular weight excluding hydrogens is 681 g/mol. The Morgan fingerprint density at radius 3 is 2.33 bits per heavy atom. The van der Waals surface area contributed by atoms with Gasteiger partial charge in [0.05, 0.1) is 27.9 Å². The molecule has 0 atom stereocenters. The quantitative estimate of drug-likeness (QED) is 0.0581. The van der Waals surface area contributed by atoms with Crippen molar-refractivity contribution in [3.05, 3.63) is 105 Å². The number of nitrogens with zero attached hydrogens (tertiary/aromatic N) is 3. The lowest BCUT2D eigenvalue weighted by Gasteiger charge is -2.36. The number of anilines is 1. The molecule has 1 aliphatic rings. The summed E-state index contributed by atoms with van der Waals surface area (Å²) in [6, 6.07) is 14.8. The van der Waals surface area contributed by atoms with Gasteiger partial charge >= 0.3 is 5.97 Å². The molecule has 9 heteroatoms. The topological polar surface area (TPSA) is 64.0 Å². The molecule has 1 fully saturated rings. The highest BCUT2D eigenvalue weighted by Crippen LogP contribution is 2.33. The third-order valence-corrected chi connectivity index (χ3v) is 9.94. The van der Waals surface area contributed by atoms with Crippen LogP contribution < -0.4 is 15.2 Å². The number of ether oxygens (including phenoxy) is 2. The maximum atomic E-state index is 12.7. The van der Waals surface area contributed by atoms with Crippen LogP contribution in [0.25, 0.3) is 10.9 Å². The van der Waals surface area contributed by atoms with Crippen molar-refractivity contribution < 1.29 is 14.3 Å². The average Bonchev–Trinajstić information content (AvgIpc) is 3.14. The van der Waals surface area contributed by atoms with Crippen molar-refractivity contribution in [1.82, 2.24) is 9.47 Å². The first kappa shape index (κ1) is 40.3. The van der Waals surface area contributed by atoms with E-state index >= 15 is 0 Å². The first-order valence-corrected chi connectivity index (χ1v) is 19.5. The first-order valence-electron chi connectivity index (χ1n) is 18.7. The summed E-state index contributed by atoms with van der Waals surface area (Å²) < 4.78 is 13.1. The van der Waals surface area contributed by atoms with Crippen molar-refractivity contribution in [3.63, 3.8) is 0 Å². The Morgan fingerprint density at radius 2 is 1.53 bits per heavy atom. The molecule has 0 saturated carbocycles. The van der Waals surface area contributed by atoms with Gasteiger partial charge < -0.3 is 14.4 Å². The number of rotatable bonds is 22. The summed E-state index contributed by atoms with van der Waals surface area (Å²) in [7, 11) is 0. The molecule has 1 aliphatic heterocycles. The number of benzene rings is 2. The minimum Gasteiger partial charge on any atom is -0.494 e. The smallest absolute Gasteiger partial charge is 0.307 e. The Labute approximate surface area is 314 Å². The van der Waals surface area contributed by atoms with E-state index in [0.29, 0.717) is 34.3 Å².